The van der Waals surface area contributed by atoms with Gasteiger partial charge >= 0.3 is 0 Å². The maximum Gasteiger partial charge on any atom is 0.270 e. The Hall–Kier alpha value is -1.43. The number of carbonyl (C=O) groups excluding carboxylic acids is 1. The molecule has 0 aliphatic rings. The van der Waals surface area contributed by atoms with E-state index in [4.69, 9.17) is 0 Å². The van der Waals surface area contributed by atoms with Gasteiger partial charge in [0.05, 0.1) is 4.92 Å². The highest BCUT2D eigenvalue weighted by Crippen LogP contribution is 2.19. The molecule has 0 N–H and O–H groups in total. The van der Waals surface area contributed by atoms with Crippen LogP contribution in [0.4, 0.5) is 5.69 Å². The molecule has 0 heterocycles. The van der Waals surface area contributed by atoms with Crippen molar-refractivity contribution in [1.29, 1.82) is 0 Å². The molecular weight excluding hydrogens is 300 g/mol. The minimum atomic E-state index is -0.489. The molecule has 1 rings (SSSR count). The van der Waals surface area contributed by atoms with Gasteiger partial charge in [0.25, 0.3) is 11.6 Å². The first-order chi connectivity index (χ1) is 8.51. The van der Waals surface area contributed by atoms with Gasteiger partial charge in [0.2, 0.25) is 0 Å². The molecule has 1 aromatic rings. The fourth-order valence-corrected chi connectivity index (χ4v) is 2.06. The fourth-order valence-electron chi connectivity index (χ4n) is 1.63. The van der Waals surface area contributed by atoms with Gasteiger partial charge in [0.1, 0.15) is 0 Å². The Morgan fingerprint density at radius 1 is 1.50 bits per heavy atom. The van der Waals surface area contributed by atoms with Gasteiger partial charge in [-0.15, -0.1) is 0 Å². The molecule has 0 atom stereocenters. The molecule has 0 aliphatic carbocycles. The number of halogens is 1. The van der Waals surface area contributed by atoms with Crippen LogP contribution in [-0.2, 0) is 0 Å². The Morgan fingerprint density at radius 3 is 2.67 bits per heavy atom. The number of nitro benzene ring substituents is 1. The van der Waals surface area contributed by atoms with Crippen LogP contribution in [0.5, 0.6) is 0 Å². The number of carbonyl (C=O) groups is 1. The predicted octanol–water partition coefficient (Wildman–Crippen LogP) is 2.76. The van der Waals surface area contributed by atoms with Gasteiger partial charge < -0.3 is 4.90 Å². The van der Waals surface area contributed by atoms with Crippen molar-refractivity contribution < 1.29 is 9.72 Å². The molecule has 1 aromatic carbocycles. The number of nitrogens with zero attached hydrogens (tertiary/aromatic N) is 2. The van der Waals surface area contributed by atoms with E-state index in [0.29, 0.717) is 24.0 Å². The van der Waals surface area contributed by atoms with Crippen molar-refractivity contribution in [2.45, 2.75) is 13.8 Å². The van der Waals surface area contributed by atoms with Crippen LogP contribution in [-0.4, -0.2) is 34.2 Å². The van der Waals surface area contributed by atoms with E-state index in [0.717, 1.165) is 5.56 Å². The van der Waals surface area contributed by atoms with Crippen LogP contribution in [0.3, 0.4) is 0 Å². The van der Waals surface area contributed by atoms with Crippen molar-refractivity contribution in [1.82, 2.24) is 4.90 Å². The Morgan fingerprint density at radius 2 is 2.17 bits per heavy atom. The van der Waals surface area contributed by atoms with Gasteiger partial charge in [-0.05, 0) is 19.4 Å². The summed E-state index contributed by atoms with van der Waals surface area (Å²) in [6.07, 6.45) is 0. The maximum atomic E-state index is 12.2. The third-order valence-corrected chi connectivity index (χ3v) is 3.04. The van der Waals surface area contributed by atoms with Gasteiger partial charge in [-0.1, -0.05) is 22.0 Å². The van der Waals surface area contributed by atoms with Gasteiger partial charge in [-0.3, -0.25) is 14.9 Å². The SMILES string of the molecule is CCN(CCBr)C(=O)c1cc([N+](=O)[O-])ccc1C. The number of hydrogen-bond acceptors (Lipinski definition) is 3. The lowest BCUT2D eigenvalue weighted by atomic mass is 10.1. The molecular formula is C12H15BrN2O3. The van der Waals surface area contributed by atoms with Gasteiger partial charge in [-0.2, -0.15) is 0 Å². The summed E-state index contributed by atoms with van der Waals surface area (Å²) < 4.78 is 0. The molecule has 0 fully saturated rings. The number of rotatable bonds is 5. The van der Waals surface area contributed by atoms with Crippen molar-refractivity contribution in [3.05, 3.63) is 39.4 Å². The molecule has 0 bridgehead atoms. The number of alkyl halides is 1. The average Bonchev–Trinajstić information content (AvgIpc) is 2.35. The lowest BCUT2D eigenvalue weighted by Gasteiger charge is -2.20. The zero-order chi connectivity index (χ0) is 13.7. The van der Waals surface area contributed by atoms with E-state index in [9.17, 15) is 14.9 Å². The van der Waals surface area contributed by atoms with E-state index in [1.165, 1.54) is 12.1 Å². The Bertz CT molecular complexity index is 463. The van der Waals surface area contributed by atoms with E-state index in [1.54, 1.807) is 17.9 Å². The predicted molar refractivity (Wildman–Crippen MR) is 73.2 cm³/mol. The molecule has 0 unspecified atom stereocenters. The normalized spacial score (nSPS) is 10.2. The molecule has 18 heavy (non-hydrogen) atoms. The fraction of sp³-hybridized carbons (Fsp3) is 0.417. The molecule has 98 valence electrons. The summed E-state index contributed by atoms with van der Waals surface area (Å²) in [5, 5.41) is 11.4. The molecule has 5 nitrogen and oxygen atoms in total. The molecule has 6 heteroatoms. The largest absolute Gasteiger partial charge is 0.338 e. The number of hydrogen-bond donors (Lipinski definition) is 0. The summed E-state index contributed by atoms with van der Waals surface area (Å²) in [7, 11) is 0. The number of amides is 1. The van der Waals surface area contributed by atoms with Crippen LogP contribution in [0.1, 0.15) is 22.8 Å². The van der Waals surface area contributed by atoms with E-state index >= 15 is 0 Å². The number of aryl methyl sites for hydroxylation is 1. The van der Waals surface area contributed by atoms with Crippen LogP contribution in [0.15, 0.2) is 18.2 Å². The molecule has 0 saturated carbocycles. The summed E-state index contributed by atoms with van der Waals surface area (Å²) in [6.45, 7) is 4.82. The van der Waals surface area contributed by atoms with Crippen LogP contribution >= 0.6 is 15.9 Å². The van der Waals surface area contributed by atoms with Crippen molar-refractivity contribution in [2.24, 2.45) is 0 Å². The van der Waals surface area contributed by atoms with Gasteiger partial charge in [0, 0.05) is 36.1 Å². The highest BCUT2D eigenvalue weighted by atomic mass is 79.9. The lowest BCUT2D eigenvalue weighted by Crippen LogP contribution is -2.32. The van der Waals surface area contributed by atoms with Crippen LogP contribution in [0.2, 0.25) is 0 Å². The van der Waals surface area contributed by atoms with Gasteiger partial charge in [-0.25, -0.2) is 0 Å². The van der Waals surface area contributed by atoms with E-state index in [-0.39, 0.29) is 11.6 Å². The summed E-state index contributed by atoms with van der Waals surface area (Å²) in [5.74, 6) is -0.168. The highest BCUT2D eigenvalue weighted by molar-refractivity contribution is 9.09. The summed E-state index contributed by atoms with van der Waals surface area (Å²) in [4.78, 5) is 24.1. The summed E-state index contributed by atoms with van der Waals surface area (Å²) in [5.41, 5.74) is 1.09. The monoisotopic (exact) mass is 314 g/mol. The molecule has 1 amide bonds. The van der Waals surface area contributed by atoms with Crippen LogP contribution in [0.25, 0.3) is 0 Å². The van der Waals surface area contributed by atoms with Gasteiger partial charge in [0.15, 0.2) is 0 Å². The first-order valence-electron chi connectivity index (χ1n) is 5.61. The van der Waals surface area contributed by atoms with E-state index in [1.807, 2.05) is 6.92 Å². The Kier molecular flexibility index (Phi) is 5.27. The molecule has 0 aliphatic heterocycles. The second-order valence-electron chi connectivity index (χ2n) is 3.83. The lowest BCUT2D eigenvalue weighted by molar-refractivity contribution is -0.384. The number of non-ortho nitro benzene ring substituents is 1. The second kappa shape index (κ2) is 6.49. The zero-order valence-electron chi connectivity index (χ0n) is 10.4. The third kappa shape index (κ3) is 3.29. The maximum absolute atomic E-state index is 12.2. The topological polar surface area (TPSA) is 63.5 Å². The molecule has 0 radical (unpaired) electrons. The minimum Gasteiger partial charge on any atom is -0.338 e. The number of benzene rings is 1. The van der Waals surface area contributed by atoms with Crippen molar-refractivity contribution in [3.8, 4) is 0 Å². The summed E-state index contributed by atoms with van der Waals surface area (Å²) in [6, 6.07) is 4.36. The third-order valence-electron chi connectivity index (χ3n) is 2.69. The van der Waals surface area contributed by atoms with E-state index < -0.39 is 4.92 Å². The summed E-state index contributed by atoms with van der Waals surface area (Å²) >= 11 is 3.29. The zero-order valence-corrected chi connectivity index (χ0v) is 11.9. The Balaban J connectivity index is 3.10. The molecule has 0 aromatic heterocycles. The first kappa shape index (κ1) is 14.6. The van der Waals surface area contributed by atoms with Crippen LogP contribution in [0, 0.1) is 17.0 Å². The van der Waals surface area contributed by atoms with Crippen LogP contribution < -0.4 is 0 Å². The number of nitro groups is 1. The van der Waals surface area contributed by atoms with Crippen molar-refractivity contribution in [3.63, 3.8) is 0 Å². The van der Waals surface area contributed by atoms with Crippen molar-refractivity contribution in [2.75, 3.05) is 18.4 Å². The van der Waals surface area contributed by atoms with Crippen molar-refractivity contribution >= 4 is 27.5 Å². The minimum absolute atomic E-state index is 0.0566. The average molecular weight is 315 g/mol. The second-order valence-corrected chi connectivity index (χ2v) is 4.62. The molecule has 0 saturated heterocycles. The standard InChI is InChI=1S/C12H15BrN2O3/c1-3-14(7-6-13)12(16)11-8-10(15(17)18)5-4-9(11)2/h4-5,8H,3,6-7H2,1-2H3. The first-order valence-corrected chi connectivity index (χ1v) is 6.73. The van der Waals surface area contributed by atoms with E-state index in [2.05, 4.69) is 15.9 Å². The quantitative estimate of drug-likeness (QED) is 0.477. The molecule has 0 spiro atoms. The smallest absolute Gasteiger partial charge is 0.270 e. The Labute approximate surface area is 114 Å². The highest BCUT2D eigenvalue weighted by Gasteiger charge is 2.18.